The topological polar surface area (TPSA) is 74.2 Å². The number of halogens is 2. The minimum absolute atomic E-state index is 0.0613. The second kappa shape index (κ2) is 5.31. The number of aromatic nitrogens is 2. The summed E-state index contributed by atoms with van der Waals surface area (Å²) in [5.74, 6) is -0.428. The zero-order chi connectivity index (χ0) is 14.0. The van der Waals surface area contributed by atoms with Crippen LogP contribution in [-0.4, -0.2) is 17.3 Å². The highest BCUT2D eigenvalue weighted by Gasteiger charge is 2.19. The highest BCUT2D eigenvalue weighted by atomic mass is 19.1. The first-order valence-corrected chi connectivity index (χ1v) is 5.61. The van der Waals surface area contributed by atoms with E-state index in [1.807, 2.05) is 0 Å². The van der Waals surface area contributed by atoms with Crippen molar-refractivity contribution >= 4 is 0 Å². The maximum Gasteiger partial charge on any atom is 0.240 e. The quantitative estimate of drug-likeness (QED) is 0.922. The summed E-state index contributed by atoms with van der Waals surface area (Å²) in [6, 6.07) is 2.51. The maximum absolute atomic E-state index is 13.8. The smallest absolute Gasteiger partial charge is 0.240 e. The molecule has 2 N–H and O–H groups in total. The van der Waals surface area contributed by atoms with Gasteiger partial charge in [0.1, 0.15) is 6.17 Å². The largest absolute Gasteiger partial charge is 0.493 e. The Labute approximate surface area is 108 Å². The third-order valence-electron chi connectivity index (χ3n) is 2.61. The first-order valence-electron chi connectivity index (χ1n) is 5.61. The van der Waals surface area contributed by atoms with E-state index in [1.165, 1.54) is 20.1 Å². The molecule has 0 aliphatic rings. The van der Waals surface area contributed by atoms with Crippen LogP contribution in [0.15, 0.2) is 16.7 Å². The average Bonchev–Trinajstić information content (AvgIpc) is 2.86. The highest BCUT2D eigenvalue weighted by Crippen LogP contribution is 2.34. The normalized spacial score (nSPS) is 12.5. The Morgan fingerprint density at radius 2 is 2.21 bits per heavy atom. The lowest BCUT2D eigenvalue weighted by atomic mass is 10.1. The molecule has 0 saturated carbocycles. The number of methoxy groups -OCH3 is 1. The molecular formula is C12H13F2N3O2. The molecule has 5 nitrogen and oxygen atoms in total. The van der Waals surface area contributed by atoms with Crippen molar-refractivity contribution in [1.29, 1.82) is 0 Å². The molecular weight excluding hydrogens is 256 g/mol. The molecule has 1 atom stereocenters. The Morgan fingerprint density at radius 1 is 1.47 bits per heavy atom. The number of alkyl halides is 1. The predicted molar refractivity (Wildman–Crippen MR) is 63.7 cm³/mol. The number of nitrogens with zero attached hydrogens (tertiary/aromatic N) is 2. The third-order valence-corrected chi connectivity index (χ3v) is 2.61. The van der Waals surface area contributed by atoms with Gasteiger partial charge in [0.05, 0.1) is 19.2 Å². The summed E-state index contributed by atoms with van der Waals surface area (Å²) < 4.78 is 37.0. The molecule has 1 heterocycles. The Kier molecular flexibility index (Phi) is 3.75. The van der Waals surface area contributed by atoms with Gasteiger partial charge in [0.15, 0.2) is 11.6 Å². The molecule has 2 aromatic rings. The molecule has 1 aromatic heterocycles. The first kappa shape index (κ1) is 13.4. The van der Waals surface area contributed by atoms with Crippen LogP contribution in [-0.2, 0) is 6.54 Å². The van der Waals surface area contributed by atoms with Crippen LogP contribution in [0.1, 0.15) is 24.5 Å². The molecule has 0 amide bonds. The third kappa shape index (κ3) is 2.55. The minimum Gasteiger partial charge on any atom is -0.493 e. The van der Waals surface area contributed by atoms with Gasteiger partial charge in [-0.3, -0.25) is 0 Å². The molecule has 0 fully saturated rings. The van der Waals surface area contributed by atoms with Gasteiger partial charge < -0.3 is 15.0 Å². The molecule has 19 heavy (non-hydrogen) atoms. The molecule has 0 bridgehead atoms. The number of hydrogen-bond donors (Lipinski definition) is 1. The number of ether oxygens (including phenoxy) is 1. The zero-order valence-electron chi connectivity index (χ0n) is 10.5. The van der Waals surface area contributed by atoms with E-state index < -0.39 is 12.0 Å². The number of benzene rings is 1. The van der Waals surface area contributed by atoms with Gasteiger partial charge in [-0.1, -0.05) is 5.16 Å². The summed E-state index contributed by atoms with van der Waals surface area (Å²) in [6.45, 7) is 1.38. The lowest BCUT2D eigenvalue weighted by Gasteiger charge is -2.10. The Morgan fingerprint density at radius 3 is 2.74 bits per heavy atom. The second-order valence-corrected chi connectivity index (χ2v) is 3.92. The van der Waals surface area contributed by atoms with Crippen molar-refractivity contribution in [1.82, 2.24) is 10.1 Å². The number of rotatable bonds is 4. The Bertz CT molecular complexity index is 584. The van der Waals surface area contributed by atoms with Crippen LogP contribution in [0.2, 0.25) is 0 Å². The van der Waals surface area contributed by atoms with Gasteiger partial charge in [-0.15, -0.1) is 0 Å². The second-order valence-electron chi connectivity index (χ2n) is 3.92. The fourth-order valence-corrected chi connectivity index (χ4v) is 1.66. The first-order chi connectivity index (χ1) is 9.06. The standard InChI is InChI=1S/C12H13F2N3O2/c1-6(13)7-3-8(11(18-2)9(14)4-7)12-16-10(5-15)19-17-12/h3-4,6H,5,15H2,1-2H3. The van der Waals surface area contributed by atoms with E-state index in [0.29, 0.717) is 0 Å². The van der Waals surface area contributed by atoms with Gasteiger partial charge in [0.2, 0.25) is 11.7 Å². The molecule has 102 valence electrons. The van der Waals surface area contributed by atoms with Gasteiger partial charge in [-0.2, -0.15) is 4.98 Å². The van der Waals surface area contributed by atoms with Crippen LogP contribution in [0.5, 0.6) is 5.75 Å². The molecule has 1 unspecified atom stereocenters. The molecule has 0 radical (unpaired) electrons. The van der Waals surface area contributed by atoms with E-state index >= 15 is 0 Å². The molecule has 0 aliphatic carbocycles. The van der Waals surface area contributed by atoms with Crippen molar-refractivity contribution in [2.75, 3.05) is 7.11 Å². The van der Waals surface area contributed by atoms with E-state index in [-0.39, 0.29) is 35.1 Å². The highest BCUT2D eigenvalue weighted by molar-refractivity contribution is 5.65. The van der Waals surface area contributed by atoms with Crippen LogP contribution >= 0.6 is 0 Å². The Balaban J connectivity index is 2.58. The van der Waals surface area contributed by atoms with Gasteiger partial charge in [0, 0.05) is 0 Å². The van der Waals surface area contributed by atoms with Crippen LogP contribution in [0.3, 0.4) is 0 Å². The molecule has 0 saturated heterocycles. The zero-order valence-corrected chi connectivity index (χ0v) is 10.5. The van der Waals surface area contributed by atoms with Crippen molar-refractivity contribution in [3.05, 3.63) is 29.4 Å². The summed E-state index contributed by atoms with van der Waals surface area (Å²) in [5.41, 5.74) is 5.76. The lowest BCUT2D eigenvalue weighted by molar-refractivity contribution is 0.365. The van der Waals surface area contributed by atoms with Gasteiger partial charge in [-0.25, -0.2) is 8.78 Å². The van der Waals surface area contributed by atoms with E-state index in [0.717, 1.165) is 6.07 Å². The van der Waals surface area contributed by atoms with Crippen molar-refractivity contribution in [3.63, 3.8) is 0 Å². The van der Waals surface area contributed by atoms with Crippen molar-refractivity contribution in [2.45, 2.75) is 19.6 Å². The van der Waals surface area contributed by atoms with Crippen molar-refractivity contribution < 1.29 is 18.0 Å². The fourth-order valence-electron chi connectivity index (χ4n) is 1.66. The number of hydrogen-bond acceptors (Lipinski definition) is 5. The minimum atomic E-state index is -1.32. The van der Waals surface area contributed by atoms with Crippen molar-refractivity contribution in [2.24, 2.45) is 5.73 Å². The van der Waals surface area contributed by atoms with Crippen LogP contribution < -0.4 is 10.5 Å². The lowest BCUT2D eigenvalue weighted by Crippen LogP contribution is -1.98. The SMILES string of the molecule is COc1c(F)cc(C(C)F)cc1-c1noc(CN)n1. The number of nitrogens with two attached hydrogens (primary N) is 1. The molecule has 0 aliphatic heterocycles. The summed E-state index contributed by atoms with van der Waals surface area (Å²) in [5, 5.41) is 3.67. The Hall–Kier alpha value is -2.02. The fraction of sp³-hybridized carbons (Fsp3) is 0.333. The summed E-state index contributed by atoms with van der Waals surface area (Å²) >= 11 is 0. The maximum atomic E-state index is 13.8. The molecule has 2 rings (SSSR count). The average molecular weight is 269 g/mol. The van der Waals surface area contributed by atoms with E-state index in [9.17, 15) is 8.78 Å². The van der Waals surface area contributed by atoms with Crippen LogP contribution in [0, 0.1) is 5.82 Å². The molecule has 7 heteroatoms. The van der Waals surface area contributed by atoms with E-state index in [1.54, 1.807) is 0 Å². The van der Waals surface area contributed by atoms with Crippen LogP contribution in [0.25, 0.3) is 11.4 Å². The van der Waals surface area contributed by atoms with E-state index in [2.05, 4.69) is 10.1 Å². The van der Waals surface area contributed by atoms with E-state index in [4.69, 9.17) is 15.0 Å². The van der Waals surface area contributed by atoms with Gasteiger partial charge >= 0.3 is 0 Å². The monoisotopic (exact) mass is 269 g/mol. The molecule has 0 spiro atoms. The van der Waals surface area contributed by atoms with Gasteiger partial charge in [0.25, 0.3) is 0 Å². The summed E-state index contributed by atoms with van der Waals surface area (Å²) in [7, 11) is 1.31. The predicted octanol–water partition coefficient (Wildman–Crippen LogP) is 2.37. The molecule has 1 aromatic carbocycles. The van der Waals surface area contributed by atoms with Gasteiger partial charge in [-0.05, 0) is 24.6 Å². The van der Waals surface area contributed by atoms with Crippen molar-refractivity contribution in [3.8, 4) is 17.1 Å². The summed E-state index contributed by atoms with van der Waals surface area (Å²) in [6.07, 6.45) is -1.32. The summed E-state index contributed by atoms with van der Waals surface area (Å²) in [4.78, 5) is 3.98. The van der Waals surface area contributed by atoms with Crippen LogP contribution in [0.4, 0.5) is 8.78 Å².